The standard InChI is InChI=1S/C51H84O15/c1-3-5-7-9-11-13-15-17-19-21-23-25-27-29-31-33-42(53)61-36-39(64-43(54)34-32-30-28-26-24-22-20-18-16-14-12-10-8-6-4-2)37-62-50-49(60)47(58)45(56)41(66-50)38-63-51-48(59)46(57)44(55)40(35-52)65-51/h5-8,11-14,17-20,39-41,44-52,55-60H,3-4,9-10,15-16,21-38H2,1-2H3/b7-5-,8-6-,13-11-,14-12+,19-17-,20-18-/t39-,40-,41-,44+,45+,46+,47+,48-,49-,50-,51-/m1/s1. The molecule has 378 valence electrons. The minimum Gasteiger partial charge on any atom is -0.462 e. The van der Waals surface area contributed by atoms with Crippen molar-refractivity contribution in [2.24, 2.45) is 0 Å². The van der Waals surface area contributed by atoms with Crippen molar-refractivity contribution >= 4 is 11.9 Å². The normalized spacial score (nSPS) is 26.8. The molecule has 66 heavy (non-hydrogen) atoms. The molecule has 15 nitrogen and oxygen atoms in total. The van der Waals surface area contributed by atoms with Crippen LogP contribution in [-0.2, 0) is 38.0 Å². The summed E-state index contributed by atoms with van der Waals surface area (Å²) in [4.78, 5) is 25.7. The Balaban J connectivity index is 1.84. The van der Waals surface area contributed by atoms with Gasteiger partial charge < -0.3 is 64.2 Å². The van der Waals surface area contributed by atoms with E-state index in [2.05, 4.69) is 86.8 Å². The van der Waals surface area contributed by atoms with Gasteiger partial charge in [0, 0.05) is 12.8 Å². The minimum atomic E-state index is -1.77. The fourth-order valence-corrected chi connectivity index (χ4v) is 7.18. The molecule has 0 saturated carbocycles. The van der Waals surface area contributed by atoms with Crippen molar-refractivity contribution in [1.82, 2.24) is 0 Å². The molecule has 2 fully saturated rings. The lowest BCUT2D eigenvalue weighted by Gasteiger charge is -2.42. The van der Waals surface area contributed by atoms with Crippen LogP contribution in [-0.4, -0.2) is 142 Å². The Bertz CT molecular complexity index is 1430. The van der Waals surface area contributed by atoms with Crippen LogP contribution in [0.15, 0.2) is 72.9 Å². The summed E-state index contributed by atoms with van der Waals surface area (Å²) >= 11 is 0. The molecule has 15 heteroatoms. The summed E-state index contributed by atoms with van der Waals surface area (Å²) in [7, 11) is 0. The average Bonchev–Trinajstić information content (AvgIpc) is 3.31. The van der Waals surface area contributed by atoms with Crippen molar-refractivity contribution in [3.05, 3.63) is 72.9 Å². The van der Waals surface area contributed by atoms with Crippen LogP contribution in [0.25, 0.3) is 0 Å². The molecule has 7 N–H and O–H groups in total. The second-order valence-electron chi connectivity index (χ2n) is 16.9. The molecule has 0 amide bonds. The van der Waals surface area contributed by atoms with E-state index in [-0.39, 0.29) is 19.4 Å². The Morgan fingerprint density at radius 3 is 1.42 bits per heavy atom. The summed E-state index contributed by atoms with van der Waals surface area (Å²) in [6.07, 6.45) is 26.5. The third-order valence-electron chi connectivity index (χ3n) is 11.2. The molecule has 2 rings (SSSR count). The summed E-state index contributed by atoms with van der Waals surface area (Å²) in [5, 5.41) is 72.0. The van der Waals surface area contributed by atoms with Gasteiger partial charge in [0.25, 0.3) is 0 Å². The van der Waals surface area contributed by atoms with E-state index in [9.17, 15) is 45.3 Å². The van der Waals surface area contributed by atoms with Crippen LogP contribution in [0.1, 0.15) is 142 Å². The van der Waals surface area contributed by atoms with Crippen LogP contribution in [0.4, 0.5) is 0 Å². The van der Waals surface area contributed by atoms with Gasteiger partial charge in [-0.1, -0.05) is 125 Å². The van der Waals surface area contributed by atoms with Gasteiger partial charge in [0.1, 0.15) is 55.4 Å². The van der Waals surface area contributed by atoms with Gasteiger partial charge in [-0.3, -0.25) is 9.59 Å². The van der Waals surface area contributed by atoms with Gasteiger partial charge >= 0.3 is 11.9 Å². The van der Waals surface area contributed by atoms with Crippen molar-refractivity contribution in [2.75, 3.05) is 26.4 Å². The van der Waals surface area contributed by atoms with E-state index in [1.54, 1.807) is 0 Å². The second-order valence-corrected chi connectivity index (χ2v) is 16.9. The number of esters is 2. The molecular weight excluding hydrogens is 853 g/mol. The lowest BCUT2D eigenvalue weighted by Crippen LogP contribution is -2.61. The molecule has 0 unspecified atom stereocenters. The predicted molar refractivity (Wildman–Crippen MR) is 252 cm³/mol. The number of ether oxygens (including phenoxy) is 6. The van der Waals surface area contributed by atoms with Crippen LogP contribution < -0.4 is 0 Å². The molecule has 0 spiro atoms. The van der Waals surface area contributed by atoms with Crippen LogP contribution >= 0.6 is 0 Å². The summed E-state index contributed by atoms with van der Waals surface area (Å²) < 4.78 is 33.5. The molecule has 2 heterocycles. The topological polar surface area (TPSA) is 231 Å². The largest absolute Gasteiger partial charge is 0.462 e. The number of allylic oxidation sites excluding steroid dienone is 12. The van der Waals surface area contributed by atoms with E-state index >= 15 is 0 Å². The molecule has 0 radical (unpaired) electrons. The number of hydrogen-bond acceptors (Lipinski definition) is 15. The first-order chi connectivity index (χ1) is 32.0. The Morgan fingerprint density at radius 2 is 0.909 bits per heavy atom. The molecule has 0 aliphatic carbocycles. The van der Waals surface area contributed by atoms with E-state index in [1.165, 1.54) is 0 Å². The van der Waals surface area contributed by atoms with E-state index in [4.69, 9.17) is 28.4 Å². The zero-order valence-corrected chi connectivity index (χ0v) is 39.6. The molecule has 0 bridgehead atoms. The van der Waals surface area contributed by atoms with E-state index in [1.807, 2.05) is 0 Å². The SMILES string of the molecule is CC/C=C\C/C=C\C/C=C\CCCCCCCC(=O)OC[C@H](CO[C@@H]1O[C@H](CO[C@@H]2O[C@H](CO)[C@H](O)[C@H](O)[C@H]2O)[C@H](O)[C@H](O)[C@H]1O)OC(=O)CCCCCCC/C=C\C/C=C/C/C=C\CC. The number of rotatable bonds is 36. The van der Waals surface area contributed by atoms with E-state index < -0.39 is 99.3 Å². The monoisotopic (exact) mass is 937 g/mol. The molecule has 0 aromatic carbocycles. The van der Waals surface area contributed by atoms with Crippen molar-refractivity contribution < 1.29 is 73.8 Å². The van der Waals surface area contributed by atoms with Crippen LogP contribution in [0.5, 0.6) is 0 Å². The van der Waals surface area contributed by atoms with Gasteiger partial charge in [-0.25, -0.2) is 0 Å². The smallest absolute Gasteiger partial charge is 0.306 e. The fraction of sp³-hybridized carbons (Fsp3) is 0.725. The Kier molecular flexibility index (Phi) is 33.9. The third-order valence-corrected chi connectivity index (χ3v) is 11.2. The van der Waals surface area contributed by atoms with E-state index in [0.29, 0.717) is 12.8 Å². The number of unbranched alkanes of at least 4 members (excludes halogenated alkanes) is 10. The number of aliphatic hydroxyl groups excluding tert-OH is 7. The van der Waals surface area contributed by atoms with Crippen molar-refractivity contribution in [2.45, 2.75) is 210 Å². The second kappa shape index (κ2) is 37.9. The molecule has 0 aromatic rings. The third kappa shape index (κ3) is 25.9. The summed E-state index contributed by atoms with van der Waals surface area (Å²) in [5.74, 6) is -0.973. The highest BCUT2D eigenvalue weighted by Crippen LogP contribution is 2.26. The quantitative estimate of drug-likeness (QED) is 0.0209. The van der Waals surface area contributed by atoms with Crippen molar-refractivity contribution in [3.8, 4) is 0 Å². The number of aliphatic hydroxyl groups is 7. The molecular formula is C51H84O15. The lowest BCUT2D eigenvalue weighted by atomic mass is 9.98. The van der Waals surface area contributed by atoms with E-state index in [0.717, 1.165) is 103 Å². The summed E-state index contributed by atoms with van der Waals surface area (Å²) in [6.45, 7) is 2.30. The van der Waals surface area contributed by atoms with Crippen molar-refractivity contribution in [1.29, 1.82) is 0 Å². The van der Waals surface area contributed by atoms with Gasteiger partial charge in [0.05, 0.1) is 19.8 Å². The Morgan fingerprint density at radius 1 is 0.485 bits per heavy atom. The molecule has 2 saturated heterocycles. The lowest BCUT2D eigenvalue weighted by molar-refractivity contribution is -0.332. The van der Waals surface area contributed by atoms with Crippen molar-refractivity contribution in [3.63, 3.8) is 0 Å². The summed E-state index contributed by atoms with van der Waals surface area (Å²) in [6, 6.07) is 0. The fourth-order valence-electron chi connectivity index (χ4n) is 7.18. The average molecular weight is 937 g/mol. The zero-order chi connectivity index (χ0) is 48.2. The highest BCUT2D eigenvalue weighted by atomic mass is 16.7. The Hall–Kier alpha value is -3.06. The molecule has 0 aromatic heterocycles. The van der Waals surface area contributed by atoms with Crippen LogP contribution in [0, 0.1) is 0 Å². The first-order valence-corrected chi connectivity index (χ1v) is 24.5. The Labute approximate surface area is 393 Å². The first-order valence-electron chi connectivity index (χ1n) is 24.5. The highest BCUT2D eigenvalue weighted by molar-refractivity contribution is 5.70. The zero-order valence-electron chi connectivity index (χ0n) is 39.6. The molecule has 2 aliphatic rings. The highest BCUT2D eigenvalue weighted by Gasteiger charge is 2.47. The first kappa shape index (κ1) is 59.1. The van der Waals surface area contributed by atoms with Gasteiger partial charge in [-0.15, -0.1) is 0 Å². The van der Waals surface area contributed by atoms with Gasteiger partial charge in [-0.2, -0.15) is 0 Å². The number of carbonyl (C=O) groups is 2. The van der Waals surface area contributed by atoms with Gasteiger partial charge in [-0.05, 0) is 77.0 Å². The number of hydrogen-bond donors (Lipinski definition) is 7. The van der Waals surface area contributed by atoms with Gasteiger partial charge in [0.2, 0.25) is 0 Å². The van der Waals surface area contributed by atoms with Crippen LogP contribution in [0.2, 0.25) is 0 Å². The maximum atomic E-state index is 13.0. The molecule has 2 aliphatic heterocycles. The summed E-state index contributed by atoms with van der Waals surface area (Å²) in [5.41, 5.74) is 0. The minimum absolute atomic E-state index is 0.138. The molecule has 11 atom stereocenters. The van der Waals surface area contributed by atoms with Gasteiger partial charge in [0.15, 0.2) is 18.7 Å². The maximum Gasteiger partial charge on any atom is 0.306 e. The maximum absolute atomic E-state index is 13.0. The van der Waals surface area contributed by atoms with Crippen LogP contribution in [0.3, 0.4) is 0 Å². The number of carbonyl (C=O) groups excluding carboxylic acids is 2. The predicted octanol–water partition coefficient (Wildman–Crippen LogP) is 6.26.